The van der Waals surface area contributed by atoms with Crippen molar-refractivity contribution < 1.29 is 18.7 Å². The number of ether oxygens (including phenoxy) is 1. The molecule has 1 aromatic heterocycles. The first-order chi connectivity index (χ1) is 23.9. The fourth-order valence-corrected chi connectivity index (χ4v) is 7.23. The zero-order valence-electron chi connectivity index (χ0n) is 28.3. The van der Waals surface area contributed by atoms with Crippen molar-refractivity contribution in [2.75, 3.05) is 105 Å². The Balaban J connectivity index is 0.926. The van der Waals surface area contributed by atoms with Crippen LogP contribution in [-0.2, 0) is 16.0 Å². The van der Waals surface area contributed by atoms with Gasteiger partial charge in [0.1, 0.15) is 5.82 Å². The Bertz CT molecular complexity index is 1630. The molecule has 0 spiro atoms. The summed E-state index contributed by atoms with van der Waals surface area (Å²) in [7, 11) is 0. The van der Waals surface area contributed by atoms with E-state index >= 15 is 0 Å². The molecular formula is C36H49FN8O4. The highest BCUT2D eigenvalue weighted by molar-refractivity contribution is 5.95. The number of carbonyl (C=O) groups excluding carboxylic acids is 2. The van der Waals surface area contributed by atoms with Crippen molar-refractivity contribution in [3.05, 3.63) is 75.5 Å². The van der Waals surface area contributed by atoms with Crippen LogP contribution in [0.1, 0.15) is 34.5 Å². The number of fused-ring (bicyclic) bond motifs is 1. The van der Waals surface area contributed by atoms with Gasteiger partial charge < -0.3 is 25.2 Å². The largest absolute Gasteiger partial charge is 0.379 e. The fraction of sp³-hybridized carbons (Fsp3) is 0.556. The molecule has 2 aromatic carbocycles. The van der Waals surface area contributed by atoms with Crippen molar-refractivity contribution in [2.24, 2.45) is 11.7 Å². The van der Waals surface area contributed by atoms with Crippen LogP contribution in [0.15, 0.2) is 47.3 Å². The molecule has 3 N–H and O–H groups in total. The number of hydrogen-bond acceptors (Lipinski definition) is 9. The summed E-state index contributed by atoms with van der Waals surface area (Å²) in [5.41, 5.74) is 6.59. The van der Waals surface area contributed by atoms with Gasteiger partial charge in [0.05, 0.1) is 36.4 Å². The number of H-pyrrole nitrogens is 1. The number of benzene rings is 2. The highest BCUT2D eigenvalue weighted by Gasteiger charge is 2.29. The molecule has 0 saturated carbocycles. The minimum atomic E-state index is -0.582. The Hall–Kier alpha value is -3.75. The lowest BCUT2D eigenvalue weighted by Crippen LogP contribution is -2.53. The third-order valence-corrected chi connectivity index (χ3v) is 10.2. The summed E-state index contributed by atoms with van der Waals surface area (Å²) < 4.78 is 20.5. The summed E-state index contributed by atoms with van der Waals surface area (Å²) >= 11 is 0. The van der Waals surface area contributed by atoms with Crippen molar-refractivity contribution in [1.82, 2.24) is 34.7 Å². The Labute approximate surface area is 286 Å². The van der Waals surface area contributed by atoms with Crippen LogP contribution in [0, 0.1) is 11.7 Å². The summed E-state index contributed by atoms with van der Waals surface area (Å²) in [6.07, 6.45) is 2.53. The van der Waals surface area contributed by atoms with Crippen molar-refractivity contribution in [3.63, 3.8) is 0 Å². The molecule has 2 amide bonds. The maximum absolute atomic E-state index is 14.9. The maximum Gasteiger partial charge on any atom is 0.272 e. The van der Waals surface area contributed by atoms with Gasteiger partial charge in [0, 0.05) is 83.8 Å². The van der Waals surface area contributed by atoms with E-state index in [1.165, 1.54) is 6.07 Å². The number of aromatic nitrogens is 2. The van der Waals surface area contributed by atoms with Gasteiger partial charge in [-0.2, -0.15) is 5.10 Å². The number of nitrogens with zero attached hydrogens (tertiary/aromatic N) is 6. The standard InChI is InChI=1S/C36H49FN8O4/c37-32-6-5-28(24-33-29-3-1-2-4-30(29)35(47)40-39-33)23-31(32)36(48)45-18-16-44(17-19-45)34(46)26-42-10-7-27(8-11-42)25-43-14-12-41(13-15-43)20-22-49-21-9-38/h1-6,23,27H,7-22,24-26,38H2,(H,40,47). The summed E-state index contributed by atoms with van der Waals surface area (Å²) in [6, 6.07) is 11.7. The molecule has 3 saturated heterocycles. The Morgan fingerprint density at radius 3 is 2.29 bits per heavy atom. The number of nitrogens with two attached hydrogens (primary N) is 1. The number of carbonyl (C=O) groups is 2. The first-order valence-corrected chi connectivity index (χ1v) is 17.6. The first kappa shape index (κ1) is 35.1. The number of amides is 2. The summed E-state index contributed by atoms with van der Waals surface area (Å²) in [5.74, 6) is -0.218. The number of piperidine rings is 1. The first-order valence-electron chi connectivity index (χ1n) is 17.6. The maximum atomic E-state index is 14.9. The molecule has 0 radical (unpaired) electrons. The number of halogens is 1. The van der Waals surface area contributed by atoms with E-state index in [2.05, 4.69) is 24.9 Å². The van der Waals surface area contributed by atoms with Gasteiger partial charge >= 0.3 is 0 Å². The number of aromatic amines is 1. The van der Waals surface area contributed by atoms with Crippen LogP contribution >= 0.6 is 0 Å². The monoisotopic (exact) mass is 676 g/mol. The minimum Gasteiger partial charge on any atom is -0.379 e. The molecule has 0 bridgehead atoms. The normalized spacial score (nSPS) is 18.7. The smallest absolute Gasteiger partial charge is 0.272 e. The second kappa shape index (κ2) is 16.8. The third-order valence-electron chi connectivity index (χ3n) is 10.2. The van der Waals surface area contributed by atoms with E-state index in [9.17, 15) is 18.8 Å². The van der Waals surface area contributed by atoms with Gasteiger partial charge in [0.25, 0.3) is 11.5 Å². The van der Waals surface area contributed by atoms with Crippen LogP contribution in [0.5, 0.6) is 0 Å². The zero-order valence-corrected chi connectivity index (χ0v) is 28.3. The van der Waals surface area contributed by atoms with Crippen LogP contribution in [0.2, 0.25) is 0 Å². The summed E-state index contributed by atoms with van der Waals surface area (Å²) in [4.78, 5) is 49.6. The lowest BCUT2D eigenvalue weighted by atomic mass is 9.96. The molecule has 6 rings (SSSR count). The molecule has 13 heteroatoms. The van der Waals surface area contributed by atoms with Gasteiger partial charge in [-0.1, -0.05) is 24.3 Å². The van der Waals surface area contributed by atoms with Crippen molar-refractivity contribution in [1.29, 1.82) is 0 Å². The van der Waals surface area contributed by atoms with Gasteiger partial charge in [-0.15, -0.1) is 0 Å². The molecule has 264 valence electrons. The molecule has 0 aliphatic carbocycles. The molecule has 3 fully saturated rings. The predicted molar refractivity (Wildman–Crippen MR) is 186 cm³/mol. The number of rotatable bonds is 12. The summed E-state index contributed by atoms with van der Waals surface area (Å²) in [6.45, 7) is 12.2. The Kier molecular flexibility index (Phi) is 12.0. The van der Waals surface area contributed by atoms with Gasteiger partial charge in [0.2, 0.25) is 5.91 Å². The number of hydrogen-bond donors (Lipinski definition) is 2. The van der Waals surface area contributed by atoms with E-state index < -0.39 is 5.82 Å². The minimum absolute atomic E-state index is 0.00341. The van der Waals surface area contributed by atoms with Gasteiger partial charge in [-0.25, -0.2) is 9.49 Å². The molecule has 3 aliphatic rings. The van der Waals surface area contributed by atoms with Crippen molar-refractivity contribution >= 4 is 22.6 Å². The Morgan fingerprint density at radius 2 is 1.55 bits per heavy atom. The Morgan fingerprint density at radius 1 is 0.857 bits per heavy atom. The van der Waals surface area contributed by atoms with Gasteiger partial charge in [-0.05, 0) is 55.6 Å². The molecule has 3 aromatic rings. The lowest BCUT2D eigenvalue weighted by Gasteiger charge is -2.39. The molecule has 12 nitrogen and oxygen atoms in total. The molecular weight excluding hydrogens is 627 g/mol. The number of piperazine rings is 2. The highest BCUT2D eigenvalue weighted by Crippen LogP contribution is 2.22. The highest BCUT2D eigenvalue weighted by atomic mass is 19.1. The topological polar surface area (TPSA) is 131 Å². The lowest BCUT2D eigenvalue weighted by molar-refractivity contribution is -0.134. The zero-order chi connectivity index (χ0) is 34.2. The van der Waals surface area contributed by atoms with E-state index in [0.29, 0.717) is 69.3 Å². The van der Waals surface area contributed by atoms with Crippen LogP contribution in [0.25, 0.3) is 10.8 Å². The van der Waals surface area contributed by atoms with E-state index in [-0.39, 0.29) is 22.9 Å². The molecule has 49 heavy (non-hydrogen) atoms. The summed E-state index contributed by atoms with van der Waals surface area (Å²) in [5, 5.41) is 8.00. The number of likely N-dealkylation sites (tertiary alicyclic amines) is 1. The molecule has 4 heterocycles. The average molecular weight is 677 g/mol. The van der Waals surface area contributed by atoms with E-state index in [0.717, 1.165) is 82.8 Å². The second-order valence-electron chi connectivity index (χ2n) is 13.5. The van der Waals surface area contributed by atoms with E-state index in [1.54, 1.807) is 29.2 Å². The van der Waals surface area contributed by atoms with Crippen molar-refractivity contribution in [3.8, 4) is 0 Å². The van der Waals surface area contributed by atoms with Gasteiger partial charge in [-0.3, -0.25) is 24.2 Å². The SMILES string of the molecule is NCCOCCN1CCN(CC2CCN(CC(=O)N3CCN(C(=O)c4cc(Cc5n[nH]c(=O)c6ccccc56)ccc4F)CC3)CC2)CC1. The van der Waals surface area contributed by atoms with Crippen LogP contribution in [-0.4, -0.2) is 151 Å². The average Bonchev–Trinajstić information content (AvgIpc) is 3.13. The fourth-order valence-electron chi connectivity index (χ4n) is 7.23. The number of nitrogens with one attached hydrogen (secondary N) is 1. The molecule has 3 aliphatic heterocycles. The van der Waals surface area contributed by atoms with Crippen molar-refractivity contribution in [2.45, 2.75) is 19.3 Å². The van der Waals surface area contributed by atoms with Gasteiger partial charge in [0.15, 0.2) is 0 Å². The molecule has 0 atom stereocenters. The second-order valence-corrected chi connectivity index (χ2v) is 13.5. The molecule has 0 unspecified atom stereocenters. The predicted octanol–water partition coefficient (Wildman–Crippen LogP) is 1.24. The van der Waals surface area contributed by atoms with Crippen LogP contribution in [0.3, 0.4) is 0 Å². The van der Waals surface area contributed by atoms with Crippen LogP contribution < -0.4 is 11.3 Å². The van der Waals surface area contributed by atoms with E-state index in [1.807, 2.05) is 17.0 Å². The van der Waals surface area contributed by atoms with Crippen LogP contribution in [0.4, 0.5) is 4.39 Å². The van der Waals surface area contributed by atoms with E-state index in [4.69, 9.17) is 10.5 Å². The third kappa shape index (κ3) is 9.08. The quantitative estimate of drug-likeness (QED) is 0.272.